The van der Waals surface area contributed by atoms with E-state index in [1.54, 1.807) is 48.6 Å². The fraction of sp³-hybridized carbons (Fsp3) is 0.529. The van der Waals surface area contributed by atoms with Crippen molar-refractivity contribution in [2.24, 2.45) is 0 Å². The summed E-state index contributed by atoms with van der Waals surface area (Å²) in [7, 11) is -5.24. The Kier molecular flexibility index (Phi) is 35.2. The maximum Gasteiger partial charge on any atom is 0.472 e. The van der Waals surface area contributed by atoms with Crippen LogP contribution in [0.4, 0.5) is 0 Å². The van der Waals surface area contributed by atoms with Gasteiger partial charge in [0.1, 0.15) is 43.2 Å². The Morgan fingerprint density at radius 3 is 1.59 bits per heavy atom. The third-order valence-corrected chi connectivity index (χ3v) is 10.8. The van der Waals surface area contributed by atoms with Gasteiger partial charge in [-0.25, -0.2) is 4.57 Å². The number of hydrogen-bond acceptors (Lipinski definition) is 15. The Hall–Kier alpha value is -4.13. The SMILES string of the molecule is CC/C=C\C/C=C\C/C=C\C/C=C\C/C=C\C/C=C\CCC(=O)O[C@H](COC(=O)CCC[C@H](O)[C@@H](O)\C=C/C=C\C=C\C=C\[C@H](O)C/C=C\CC)COP(=O)(O)OC1[C@H](O)[C@H](O)C(O)[C@H](O)[C@H]1O. The highest BCUT2D eigenvalue weighted by atomic mass is 31.2. The molecule has 1 aliphatic carbocycles. The van der Waals surface area contributed by atoms with E-state index in [0.717, 1.165) is 38.5 Å². The number of aliphatic hydroxyl groups is 8. The Balaban J connectivity index is 2.67. The number of allylic oxidation sites excluding steroid dienone is 19. The maximum absolute atomic E-state index is 12.8. The van der Waals surface area contributed by atoms with Crippen molar-refractivity contribution in [2.75, 3.05) is 13.2 Å². The first-order chi connectivity index (χ1) is 32.6. The number of phosphoric acid groups is 1. The first kappa shape index (κ1) is 61.9. The highest BCUT2D eigenvalue weighted by molar-refractivity contribution is 7.47. The van der Waals surface area contributed by atoms with Crippen molar-refractivity contribution in [3.8, 4) is 0 Å². The molecule has 9 N–H and O–H groups in total. The van der Waals surface area contributed by atoms with Crippen LogP contribution < -0.4 is 0 Å². The van der Waals surface area contributed by atoms with Gasteiger partial charge in [0.25, 0.3) is 0 Å². The number of aliphatic hydroxyl groups excluding tert-OH is 8. The molecule has 0 aliphatic heterocycles. The lowest BCUT2D eigenvalue weighted by atomic mass is 9.85. The third kappa shape index (κ3) is 30.4. The number of carbonyl (C=O) groups excluding carboxylic acids is 2. The van der Waals surface area contributed by atoms with Gasteiger partial charge >= 0.3 is 19.8 Å². The summed E-state index contributed by atoms with van der Waals surface area (Å²) in [4.78, 5) is 35.7. The molecule has 0 amide bonds. The fourth-order valence-corrected chi connectivity index (χ4v) is 6.98. The second-order valence-electron chi connectivity index (χ2n) is 15.7. The van der Waals surface area contributed by atoms with Crippen LogP contribution in [0.15, 0.2) is 134 Å². The van der Waals surface area contributed by atoms with Crippen molar-refractivity contribution in [3.63, 3.8) is 0 Å². The van der Waals surface area contributed by atoms with E-state index in [4.69, 9.17) is 18.5 Å². The molecule has 0 radical (unpaired) electrons. The van der Waals surface area contributed by atoms with Crippen molar-refractivity contribution in [1.29, 1.82) is 0 Å². The summed E-state index contributed by atoms with van der Waals surface area (Å²) in [6, 6.07) is 0. The summed E-state index contributed by atoms with van der Waals surface area (Å²) < 4.78 is 33.2. The number of carbonyl (C=O) groups is 2. The third-order valence-electron chi connectivity index (χ3n) is 9.84. The van der Waals surface area contributed by atoms with Crippen LogP contribution in [0.3, 0.4) is 0 Å². The maximum atomic E-state index is 12.8. The smallest absolute Gasteiger partial charge is 0.462 e. The second kappa shape index (κ2) is 38.7. The minimum absolute atomic E-state index is 0.0191. The average molecular weight is 977 g/mol. The minimum atomic E-state index is -5.24. The molecule has 0 aromatic rings. The van der Waals surface area contributed by atoms with Gasteiger partial charge in [0.05, 0.1) is 24.9 Å². The van der Waals surface area contributed by atoms with Gasteiger partial charge < -0.3 is 55.2 Å². The molecule has 0 heterocycles. The van der Waals surface area contributed by atoms with Gasteiger partial charge in [-0.1, -0.05) is 148 Å². The quantitative estimate of drug-likeness (QED) is 0.0151. The van der Waals surface area contributed by atoms with E-state index >= 15 is 0 Å². The number of hydrogen-bond donors (Lipinski definition) is 9. The van der Waals surface area contributed by atoms with Crippen LogP contribution in [-0.4, -0.2) is 132 Å². The molecule has 1 saturated carbocycles. The van der Waals surface area contributed by atoms with Gasteiger partial charge in [-0.3, -0.25) is 18.6 Å². The van der Waals surface area contributed by atoms with Crippen LogP contribution >= 0.6 is 7.82 Å². The van der Waals surface area contributed by atoms with E-state index in [9.17, 15) is 59.9 Å². The summed E-state index contributed by atoms with van der Waals surface area (Å²) >= 11 is 0. The van der Waals surface area contributed by atoms with Gasteiger partial charge in [-0.05, 0) is 70.6 Å². The van der Waals surface area contributed by atoms with E-state index in [-0.39, 0.29) is 32.1 Å². The van der Waals surface area contributed by atoms with Crippen LogP contribution in [0.5, 0.6) is 0 Å². The van der Waals surface area contributed by atoms with Crippen molar-refractivity contribution in [1.82, 2.24) is 0 Å². The predicted molar refractivity (Wildman–Crippen MR) is 261 cm³/mol. The molecule has 0 aromatic carbocycles. The van der Waals surface area contributed by atoms with E-state index in [2.05, 4.69) is 55.5 Å². The van der Waals surface area contributed by atoms with Crippen molar-refractivity contribution < 1.29 is 78.4 Å². The van der Waals surface area contributed by atoms with E-state index in [1.807, 2.05) is 37.3 Å². The molecule has 3 unspecified atom stereocenters. The Morgan fingerprint density at radius 1 is 0.574 bits per heavy atom. The lowest BCUT2D eigenvalue weighted by Crippen LogP contribution is -2.64. The largest absolute Gasteiger partial charge is 0.472 e. The molecule has 68 heavy (non-hydrogen) atoms. The first-order valence-corrected chi connectivity index (χ1v) is 24.8. The highest BCUT2D eigenvalue weighted by Crippen LogP contribution is 2.47. The second-order valence-corrected chi connectivity index (χ2v) is 17.1. The van der Waals surface area contributed by atoms with Crippen LogP contribution in [0.25, 0.3) is 0 Å². The lowest BCUT2D eigenvalue weighted by molar-refractivity contribution is -0.220. The number of ether oxygens (including phenoxy) is 2. The van der Waals surface area contributed by atoms with E-state index in [0.29, 0.717) is 12.8 Å². The lowest BCUT2D eigenvalue weighted by Gasteiger charge is -2.41. The molecule has 17 heteroatoms. The number of phosphoric ester groups is 1. The van der Waals surface area contributed by atoms with Crippen LogP contribution in [-0.2, 0) is 32.7 Å². The molecule has 0 saturated heterocycles. The summed E-state index contributed by atoms with van der Waals surface area (Å²) in [5.74, 6) is -1.55. The van der Waals surface area contributed by atoms with Gasteiger partial charge in [-0.2, -0.15) is 0 Å². The average Bonchev–Trinajstić information content (AvgIpc) is 3.31. The van der Waals surface area contributed by atoms with Crippen molar-refractivity contribution in [2.45, 2.75) is 158 Å². The molecule has 382 valence electrons. The molecule has 0 aromatic heterocycles. The number of rotatable bonds is 35. The summed E-state index contributed by atoms with van der Waals surface area (Å²) in [5, 5.41) is 80.7. The minimum Gasteiger partial charge on any atom is -0.462 e. The van der Waals surface area contributed by atoms with Gasteiger partial charge in [0, 0.05) is 12.8 Å². The summed E-state index contributed by atoms with van der Waals surface area (Å²) in [5.41, 5.74) is 0. The highest BCUT2D eigenvalue weighted by Gasteiger charge is 2.51. The molecule has 11 atom stereocenters. The van der Waals surface area contributed by atoms with Crippen LogP contribution in [0.1, 0.15) is 97.3 Å². The van der Waals surface area contributed by atoms with Gasteiger partial charge in [0.2, 0.25) is 0 Å². The first-order valence-electron chi connectivity index (χ1n) is 23.3. The van der Waals surface area contributed by atoms with Crippen LogP contribution in [0, 0.1) is 0 Å². The Labute approximate surface area is 402 Å². The summed E-state index contributed by atoms with van der Waals surface area (Å²) in [6.07, 6.45) is 31.5. The predicted octanol–water partition coefficient (Wildman–Crippen LogP) is 6.07. The van der Waals surface area contributed by atoms with E-state index in [1.165, 1.54) is 6.08 Å². The zero-order valence-electron chi connectivity index (χ0n) is 39.4. The normalized spacial score (nSPS) is 23.6. The van der Waals surface area contributed by atoms with Crippen molar-refractivity contribution in [3.05, 3.63) is 134 Å². The Bertz CT molecular complexity index is 1740. The molecule has 0 bridgehead atoms. The van der Waals surface area contributed by atoms with Gasteiger partial charge in [0.15, 0.2) is 6.10 Å². The molecule has 1 aliphatic rings. The molecule has 16 nitrogen and oxygen atoms in total. The standard InChI is InChI=1S/C51H77O16P/c1-3-5-7-8-9-10-11-12-13-14-15-16-17-18-19-20-21-26-30-36-45(56)66-41(39-65-68(62,63)67-51-49(60)47(58)46(57)48(59)50(51)61)38-64-44(55)37-31-35-43(54)42(53)34-29-25-23-22-24-28-33-40(52)32-27-6-4-2/h5-7,9-10,12-13,15-16,18-19,21-29,33-34,40-43,46-54,57-61H,3-4,8,11,14,17,20,30-32,35-39H2,1-2H3,(H,62,63)/b7-5-,10-9-,13-12-,16-15-,19-18-,24-22+,25-23-,26-21-,27-6-,33-28+,34-29-/t40-,41-,42+,43+,46?,47-,48+,49-,50-,51?/m1/s1. The number of esters is 2. The Morgan fingerprint density at radius 2 is 1.04 bits per heavy atom. The van der Waals surface area contributed by atoms with Crippen molar-refractivity contribution >= 4 is 19.8 Å². The fourth-order valence-electron chi connectivity index (χ4n) is 6.01. The van der Waals surface area contributed by atoms with Crippen LogP contribution in [0.2, 0.25) is 0 Å². The monoisotopic (exact) mass is 976 g/mol. The zero-order valence-corrected chi connectivity index (χ0v) is 40.3. The summed E-state index contributed by atoms with van der Waals surface area (Å²) in [6.45, 7) is 2.61. The topological polar surface area (TPSA) is 270 Å². The van der Waals surface area contributed by atoms with E-state index < -0.39 is 94.0 Å². The molecular weight excluding hydrogens is 900 g/mol. The molecule has 1 fully saturated rings. The molecular formula is C51H77O16P. The zero-order chi connectivity index (χ0) is 50.4. The van der Waals surface area contributed by atoms with Gasteiger partial charge in [-0.15, -0.1) is 0 Å². The molecule has 1 rings (SSSR count). The molecule has 0 spiro atoms.